The van der Waals surface area contributed by atoms with Crippen molar-refractivity contribution >= 4 is 39.6 Å². The van der Waals surface area contributed by atoms with Crippen molar-refractivity contribution in [1.82, 2.24) is 9.97 Å². The van der Waals surface area contributed by atoms with Gasteiger partial charge in [-0.3, -0.25) is 10.1 Å². The second kappa shape index (κ2) is 5.34. The van der Waals surface area contributed by atoms with Gasteiger partial charge < -0.3 is 5.32 Å². The lowest BCUT2D eigenvalue weighted by Crippen LogP contribution is -2.01. The summed E-state index contributed by atoms with van der Waals surface area (Å²) in [5, 5.41) is 15.8. The Balaban J connectivity index is 2.12. The Morgan fingerprint density at radius 2 is 1.86 bits per heavy atom. The minimum Gasteiger partial charge on any atom is -0.334 e. The van der Waals surface area contributed by atoms with Gasteiger partial charge in [0.2, 0.25) is 11.0 Å². The van der Waals surface area contributed by atoms with Gasteiger partial charge in [0, 0.05) is 11.1 Å². The number of nitrogens with one attached hydrogen (secondary N) is 1. The molecular weight excluding hydrogens is 292 g/mol. The molecule has 0 aliphatic carbocycles. The van der Waals surface area contributed by atoms with Crippen LogP contribution in [0.25, 0.3) is 10.8 Å². The van der Waals surface area contributed by atoms with Gasteiger partial charge in [-0.2, -0.15) is 0 Å². The van der Waals surface area contributed by atoms with E-state index in [9.17, 15) is 10.1 Å². The van der Waals surface area contributed by atoms with Gasteiger partial charge in [0.15, 0.2) is 0 Å². The van der Waals surface area contributed by atoms with E-state index in [2.05, 4.69) is 15.3 Å². The molecule has 0 aliphatic rings. The molecule has 3 aromatic rings. The molecular formula is C14H9ClN4O2. The zero-order chi connectivity index (χ0) is 14.8. The Morgan fingerprint density at radius 1 is 1.10 bits per heavy atom. The quantitative estimate of drug-likeness (QED) is 0.450. The Labute approximate surface area is 124 Å². The van der Waals surface area contributed by atoms with Crippen LogP contribution in [0.1, 0.15) is 0 Å². The van der Waals surface area contributed by atoms with E-state index in [4.69, 9.17) is 11.6 Å². The van der Waals surface area contributed by atoms with Crippen molar-refractivity contribution in [3.05, 3.63) is 64.1 Å². The first-order valence-corrected chi connectivity index (χ1v) is 6.44. The van der Waals surface area contributed by atoms with Crippen molar-refractivity contribution in [3.63, 3.8) is 0 Å². The summed E-state index contributed by atoms with van der Waals surface area (Å²) in [5.41, 5.74) is 0.373. The summed E-state index contributed by atoms with van der Waals surface area (Å²) in [7, 11) is 0. The summed E-state index contributed by atoms with van der Waals surface area (Å²) in [6, 6.07) is 13.3. The highest BCUT2D eigenvalue weighted by Crippen LogP contribution is 2.32. The predicted molar refractivity (Wildman–Crippen MR) is 80.9 cm³/mol. The van der Waals surface area contributed by atoms with E-state index in [1.807, 2.05) is 42.5 Å². The Kier molecular flexibility index (Phi) is 3.37. The second-order valence-electron chi connectivity index (χ2n) is 4.27. The Bertz CT molecular complexity index is 833. The van der Waals surface area contributed by atoms with Crippen molar-refractivity contribution in [2.75, 3.05) is 5.32 Å². The van der Waals surface area contributed by atoms with Gasteiger partial charge in [-0.25, -0.2) is 9.97 Å². The molecule has 0 saturated heterocycles. The second-order valence-corrected chi connectivity index (χ2v) is 4.63. The number of halogens is 1. The predicted octanol–water partition coefficient (Wildman–Crippen LogP) is 3.94. The molecule has 0 radical (unpaired) electrons. The first-order valence-electron chi connectivity index (χ1n) is 6.06. The number of hydrogen-bond acceptors (Lipinski definition) is 5. The molecule has 0 saturated carbocycles. The monoisotopic (exact) mass is 300 g/mol. The minimum atomic E-state index is -0.601. The topological polar surface area (TPSA) is 81.0 Å². The number of fused-ring (bicyclic) bond motifs is 1. The maximum atomic E-state index is 11.1. The molecule has 0 bridgehead atoms. The molecule has 104 valence electrons. The van der Waals surface area contributed by atoms with Crippen LogP contribution in [0.5, 0.6) is 0 Å². The van der Waals surface area contributed by atoms with Crippen LogP contribution in [0.15, 0.2) is 48.8 Å². The number of nitrogens with zero attached hydrogens (tertiary/aromatic N) is 3. The van der Waals surface area contributed by atoms with E-state index in [1.54, 1.807) is 0 Å². The maximum Gasteiger partial charge on any atom is 0.348 e. The first kappa shape index (κ1) is 13.3. The van der Waals surface area contributed by atoms with Crippen molar-refractivity contribution < 1.29 is 4.92 Å². The zero-order valence-electron chi connectivity index (χ0n) is 10.7. The van der Waals surface area contributed by atoms with Crippen molar-refractivity contribution in [3.8, 4) is 0 Å². The Morgan fingerprint density at radius 3 is 2.67 bits per heavy atom. The van der Waals surface area contributed by atoms with Crippen molar-refractivity contribution in [2.45, 2.75) is 0 Å². The van der Waals surface area contributed by atoms with Gasteiger partial charge in [0.1, 0.15) is 6.33 Å². The van der Waals surface area contributed by atoms with Crippen LogP contribution >= 0.6 is 11.6 Å². The third kappa shape index (κ3) is 2.48. The molecule has 7 heteroatoms. The van der Waals surface area contributed by atoms with Crippen molar-refractivity contribution in [2.24, 2.45) is 0 Å². The fourth-order valence-electron chi connectivity index (χ4n) is 2.07. The third-order valence-electron chi connectivity index (χ3n) is 3.00. The van der Waals surface area contributed by atoms with Crippen LogP contribution in [0, 0.1) is 10.1 Å². The van der Waals surface area contributed by atoms with Gasteiger partial charge >= 0.3 is 5.69 Å². The van der Waals surface area contributed by atoms with E-state index in [1.165, 1.54) is 6.33 Å². The average molecular weight is 301 g/mol. The average Bonchev–Trinajstić information content (AvgIpc) is 2.47. The van der Waals surface area contributed by atoms with E-state index >= 15 is 0 Å². The fourth-order valence-corrected chi connectivity index (χ4v) is 2.27. The normalized spacial score (nSPS) is 10.5. The molecule has 2 aromatic carbocycles. The summed E-state index contributed by atoms with van der Waals surface area (Å²) in [6.45, 7) is 0. The van der Waals surface area contributed by atoms with Crippen LogP contribution in [0.3, 0.4) is 0 Å². The molecule has 0 aliphatic heterocycles. The molecule has 21 heavy (non-hydrogen) atoms. The van der Waals surface area contributed by atoms with Crippen LogP contribution in [-0.4, -0.2) is 14.9 Å². The number of hydrogen-bond donors (Lipinski definition) is 1. The Hall–Kier alpha value is -2.73. The van der Waals surface area contributed by atoms with Crippen LogP contribution < -0.4 is 5.32 Å². The molecule has 0 amide bonds. The molecule has 3 rings (SSSR count). The molecule has 1 N–H and O–H groups in total. The number of aromatic nitrogens is 2. The van der Waals surface area contributed by atoms with Crippen LogP contribution in [0.2, 0.25) is 5.15 Å². The number of nitro groups is 1. The lowest BCUT2D eigenvalue weighted by molar-refractivity contribution is -0.384. The SMILES string of the molecule is O=[N+]([O-])c1c(Cl)ncnc1Nc1cccc2ccccc12. The summed E-state index contributed by atoms with van der Waals surface area (Å²) >= 11 is 5.78. The minimum absolute atomic E-state index is 0.0661. The summed E-state index contributed by atoms with van der Waals surface area (Å²) < 4.78 is 0. The van der Waals surface area contributed by atoms with Gasteiger partial charge in [-0.1, -0.05) is 48.0 Å². The maximum absolute atomic E-state index is 11.1. The van der Waals surface area contributed by atoms with Gasteiger partial charge in [-0.05, 0) is 11.5 Å². The third-order valence-corrected chi connectivity index (χ3v) is 3.28. The van der Waals surface area contributed by atoms with E-state index < -0.39 is 4.92 Å². The molecule has 1 aromatic heterocycles. The van der Waals surface area contributed by atoms with Gasteiger partial charge in [0.05, 0.1) is 4.92 Å². The fraction of sp³-hybridized carbons (Fsp3) is 0. The van der Waals surface area contributed by atoms with Gasteiger partial charge in [-0.15, -0.1) is 0 Å². The molecule has 0 unspecified atom stereocenters. The molecule has 6 nitrogen and oxygen atoms in total. The van der Waals surface area contributed by atoms with Crippen LogP contribution in [0.4, 0.5) is 17.2 Å². The number of rotatable bonds is 3. The highest BCUT2D eigenvalue weighted by Gasteiger charge is 2.21. The molecule has 0 atom stereocenters. The summed E-state index contributed by atoms with van der Waals surface area (Å²) in [5.74, 6) is 0.0661. The highest BCUT2D eigenvalue weighted by molar-refractivity contribution is 6.31. The van der Waals surface area contributed by atoms with E-state index in [0.717, 1.165) is 10.8 Å². The molecule has 0 fully saturated rings. The molecule has 1 heterocycles. The zero-order valence-corrected chi connectivity index (χ0v) is 11.4. The number of benzene rings is 2. The standard InChI is InChI=1S/C14H9ClN4O2/c15-13-12(19(20)21)14(17-8-16-13)18-11-7-3-5-9-4-1-2-6-10(9)11/h1-8H,(H,16,17,18). The number of anilines is 2. The van der Waals surface area contributed by atoms with Crippen LogP contribution in [-0.2, 0) is 0 Å². The smallest absolute Gasteiger partial charge is 0.334 e. The lowest BCUT2D eigenvalue weighted by Gasteiger charge is -2.09. The molecule has 0 spiro atoms. The first-order chi connectivity index (χ1) is 10.2. The summed E-state index contributed by atoms with van der Waals surface area (Å²) in [6.07, 6.45) is 1.18. The lowest BCUT2D eigenvalue weighted by atomic mass is 10.1. The summed E-state index contributed by atoms with van der Waals surface area (Å²) in [4.78, 5) is 18.0. The van der Waals surface area contributed by atoms with Crippen molar-refractivity contribution in [1.29, 1.82) is 0 Å². The highest BCUT2D eigenvalue weighted by atomic mass is 35.5. The van der Waals surface area contributed by atoms with E-state index in [-0.39, 0.29) is 16.7 Å². The van der Waals surface area contributed by atoms with Gasteiger partial charge in [0.25, 0.3) is 0 Å². The van der Waals surface area contributed by atoms with E-state index in [0.29, 0.717) is 5.69 Å². The largest absolute Gasteiger partial charge is 0.348 e.